The Morgan fingerprint density at radius 2 is 1.74 bits per heavy atom. The first-order chi connectivity index (χ1) is 11.1. The highest BCUT2D eigenvalue weighted by atomic mass is 35.5. The van der Waals surface area contributed by atoms with Crippen molar-refractivity contribution in [1.82, 2.24) is 0 Å². The zero-order chi connectivity index (χ0) is 16.7. The van der Waals surface area contributed by atoms with Crippen LogP contribution >= 0.6 is 23.2 Å². The van der Waals surface area contributed by atoms with Crippen LogP contribution in [0.25, 0.3) is 0 Å². The van der Waals surface area contributed by atoms with E-state index in [-0.39, 0.29) is 12.5 Å². The van der Waals surface area contributed by atoms with Crippen molar-refractivity contribution in [3.05, 3.63) is 58.1 Å². The quantitative estimate of drug-likeness (QED) is 0.682. The SMILES string of the molecule is COc1ccc(OCCC[C@H](CO)c2ccc(Cl)cc2Cl)cc1. The van der Waals surface area contributed by atoms with Crippen LogP contribution in [-0.4, -0.2) is 25.4 Å². The third kappa shape index (κ3) is 5.31. The molecule has 0 unspecified atom stereocenters. The Bertz CT molecular complexity index is 614. The lowest BCUT2D eigenvalue weighted by Gasteiger charge is -2.16. The van der Waals surface area contributed by atoms with Crippen LogP contribution < -0.4 is 9.47 Å². The minimum Gasteiger partial charge on any atom is -0.497 e. The maximum Gasteiger partial charge on any atom is 0.119 e. The van der Waals surface area contributed by atoms with Crippen molar-refractivity contribution in [3.8, 4) is 11.5 Å². The van der Waals surface area contributed by atoms with E-state index >= 15 is 0 Å². The average molecular weight is 355 g/mol. The highest BCUT2D eigenvalue weighted by Crippen LogP contribution is 2.30. The molecule has 3 nitrogen and oxygen atoms in total. The second kappa shape index (κ2) is 9.02. The predicted molar refractivity (Wildman–Crippen MR) is 94.0 cm³/mol. The van der Waals surface area contributed by atoms with Crippen LogP contribution in [0.4, 0.5) is 0 Å². The van der Waals surface area contributed by atoms with Crippen LogP contribution in [0, 0.1) is 0 Å². The fraction of sp³-hybridized carbons (Fsp3) is 0.333. The average Bonchev–Trinajstić information content (AvgIpc) is 2.56. The van der Waals surface area contributed by atoms with Gasteiger partial charge < -0.3 is 14.6 Å². The molecule has 0 saturated heterocycles. The van der Waals surface area contributed by atoms with Gasteiger partial charge in [-0.3, -0.25) is 0 Å². The summed E-state index contributed by atoms with van der Waals surface area (Å²) in [6.45, 7) is 0.623. The molecular formula is C18H20Cl2O3. The molecule has 0 saturated carbocycles. The molecule has 0 aliphatic rings. The molecule has 0 aliphatic carbocycles. The first-order valence-electron chi connectivity index (χ1n) is 7.46. The molecule has 0 radical (unpaired) electrons. The topological polar surface area (TPSA) is 38.7 Å². The lowest BCUT2D eigenvalue weighted by atomic mass is 9.95. The molecule has 2 aromatic carbocycles. The molecule has 0 amide bonds. The van der Waals surface area contributed by atoms with Crippen LogP contribution in [0.5, 0.6) is 11.5 Å². The molecule has 2 rings (SSSR count). The van der Waals surface area contributed by atoms with Crippen molar-refractivity contribution in [2.45, 2.75) is 18.8 Å². The van der Waals surface area contributed by atoms with E-state index in [0.29, 0.717) is 16.7 Å². The van der Waals surface area contributed by atoms with Crippen LogP contribution in [-0.2, 0) is 0 Å². The van der Waals surface area contributed by atoms with Crippen molar-refractivity contribution < 1.29 is 14.6 Å². The maximum atomic E-state index is 9.60. The highest BCUT2D eigenvalue weighted by molar-refractivity contribution is 6.35. The van der Waals surface area contributed by atoms with Gasteiger partial charge in [-0.25, -0.2) is 0 Å². The fourth-order valence-electron chi connectivity index (χ4n) is 2.37. The van der Waals surface area contributed by atoms with Crippen LogP contribution in [0.1, 0.15) is 24.3 Å². The number of aliphatic hydroxyl groups is 1. The monoisotopic (exact) mass is 354 g/mol. The molecule has 5 heteroatoms. The Balaban J connectivity index is 1.83. The summed E-state index contributed by atoms with van der Waals surface area (Å²) < 4.78 is 10.8. The first-order valence-corrected chi connectivity index (χ1v) is 8.22. The largest absolute Gasteiger partial charge is 0.497 e. The molecule has 23 heavy (non-hydrogen) atoms. The summed E-state index contributed by atoms with van der Waals surface area (Å²) >= 11 is 12.1. The van der Waals surface area contributed by atoms with Crippen LogP contribution in [0.15, 0.2) is 42.5 Å². The Morgan fingerprint density at radius 1 is 1.04 bits per heavy atom. The zero-order valence-electron chi connectivity index (χ0n) is 13.0. The summed E-state index contributed by atoms with van der Waals surface area (Å²) in [5.74, 6) is 1.59. The van der Waals surface area contributed by atoms with E-state index in [1.165, 1.54) is 0 Å². The lowest BCUT2D eigenvalue weighted by molar-refractivity contribution is 0.243. The van der Waals surface area contributed by atoms with E-state index < -0.39 is 0 Å². The Hall–Kier alpha value is -1.42. The van der Waals surface area contributed by atoms with Gasteiger partial charge in [0.05, 0.1) is 13.7 Å². The zero-order valence-corrected chi connectivity index (χ0v) is 14.5. The molecule has 1 atom stereocenters. The van der Waals surface area contributed by atoms with Gasteiger partial charge >= 0.3 is 0 Å². The molecule has 124 valence electrons. The molecule has 0 heterocycles. The molecule has 1 N–H and O–H groups in total. The van der Waals surface area contributed by atoms with Gasteiger partial charge in [-0.05, 0) is 54.8 Å². The summed E-state index contributed by atoms with van der Waals surface area (Å²) in [4.78, 5) is 0. The molecule has 0 aromatic heterocycles. The number of hydrogen-bond acceptors (Lipinski definition) is 3. The summed E-state index contributed by atoms with van der Waals surface area (Å²) in [5, 5.41) is 10.8. The molecule has 0 spiro atoms. The van der Waals surface area contributed by atoms with E-state index in [1.54, 1.807) is 19.2 Å². The summed E-state index contributed by atoms with van der Waals surface area (Å²) in [6.07, 6.45) is 1.60. The first kappa shape index (κ1) is 17.9. The van der Waals surface area contributed by atoms with Gasteiger partial charge in [-0.2, -0.15) is 0 Å². The number of methoxy groups -OCH3 is 1. The van der Waals surface area contributed by atoms with Gasteiger partial charge in [0.15, 0.2) is 0 Å². The fourth-order valence-corrected chi connectivity index (χ4v) is 2.93. The van der Waals surface area contributed by atoms with Crippen molar-refractivity contribution in [2.75, 3.05) is 20.3 Å². The Labute approximate surface area is 146 Å². The summed E-state index contributed by atoms with van der Waals surface area (Å²) in [7, 11) is 1.63. The van der Waals surface area contributed by atoms with E-state index in [2.05, 4.69) is 0 Å². The molecule has 0 bridgehead atoms. The summed E-state index contributed by atoms with van der Waals surface area (Å²) in [5.41, 5.74) is 0.919. The Kier molecular flexibility index (Phi) is 7.03. The lowest BCUT2D eigenvalue weighted by Crippen LogP contribution is -2.07. The minimum absolute atomic E-state index is 0.0146. The van der Waals surface area contributed by atoms with E-state index in [0.717, 1.165) is 29.9 Å². The highest BCUT2D eigenvalue weighted by Gasteiger charge is 2.14. The predicted octanol–water partition coefficient (Wildman–Crippen LogP) is 4.94. The van der Waals surface area contributed by atoms with Crippen molar-refractivity contribution in [2.24, 2.45) is 0 Å². The van der Waals surface area contributed by atoms with Crippen LogP contribution in [0.2, 0.25) is 10.0 Å². The van der Waals surface area contributed by atoms with E-state index in [9.17, 15) is 5.11 Å². The smallest absolute Gasteiger partial charge is 0.119 e. The van der Waals surface area contributed by atoms with E-state index in [1.807, 2.05) is 30.3 Å². The number of benzene rings is 2. The second-order valence-electron chi connectivity index (χ2n) is 5.21. The van der Waals surface area contributed by atoms with Crippen molar-refractivity contribution in [3.63, 3.8) is 0 Å². The van der Waals surface area contributed by atoms with Gasteiger partial charge in [-0.1, -0.05) is 29.3 Å². The molecule has 0 fully saturated rings. The third-order valence-corrected chi connectivity index (χ3v) is 4.21. The van der Waals surface area contributed by atoms with Crippen molar-refractivity contribution in [1.29, 1.82) is 0 Å². The third-order valence-electron chi connectivity index (χ3n) is 3.65. The molecular weight excluding hydrogens is 335 g/mol. The van der Waals surface area contributed by atoms with E-state index in [4.69, 9.17) is 32.7 Å². The van der Waals surface area contributed by atoms with Gasteiger partial charge in [0, 0.05) is 22.6 Å². The van der Waals surface area contributed by atoms with Crippen molar-refractivity contribution >= 4 is 23.2 Å². The second-order valence-corrected chi connectivity index (χ2v) is 6.06. The van der Waals surface area contributed by atoms with Gasteiger partial charge in [0.1, 0.15) is 11.5 Å². The van der Waals surface area contributed by atoms with Gasteiger partial charge in [0.2, 0.25) is 0 Å². The maximum absolute atomic E-state index is 9.60. The molecule has 0 aliphatic heterocycles. The number of ether oxygens (including phenoxy) is 2. The normalized spacial score (nSPS) is 12.0. The minimum atomic E-state index is -0.0146. The number of hydrogen-bond donors (Lipinski definition) is 1. The van der Waals surface area contributed by atoms with Gasteiger partial charge in [-0.15, -0.1) is 0 Å². The number of aliphatic hydroxyl groups excluding tert-OH is 1. The summed E-state index contributed by atoms with van der Waals surface area (Å²) in [6, 6.07) is 12.8. The van der Waals surface area contributed by atoms with Gasteiger partial charge in [0.25, 0.3) is 0 Å². The Morgan fingerprint density at radius 3 is 2.35 bits per heavy atom. The number of rotatable bonds is 8. The molecule has 2 aromatic rings. The number of halogens is 2. The van der Waals surface area contributed by atoms with Crippen LogP contribution in [0.3, 0.4) is 0 Å². The standard InChI is InChI=1S/C18H20Cl2O3/c1-22-15-5-7-16(8-6-15)23-10-2-3-13(12-21)17-9-4-14(19)11-18(17)20/h4-9,11,13,21H,2-3,10,12H2,1H3/t13-/m1/s1.